The molecule has 0 aliphatic carbocycles. The fraction of sp³-hybridized carbons (Fsp3) is 0.412. The van der Waals surface area contributed by atoms with Gasteiger partial charge in [-0.3, -0.25) is 4.68 Å². The second-order valence-corrected chi connectivity index (χ2v) is 5.82. The SMILES string of the molecule is CCn1cc([C@@H](C)NC(=S)Nc2ccc(OC)cc2OC)c(C)n1. The molecule has 0 aliphatic heterocycles. The number of hydrogen-bond acceptors (Lipinski definition) is 4. The van der Waals surface area contributed by atoms with Crippen LogP contribution in [0.25, 0.3) is 0 Å². The summed E-state index contributed by atoms with van der Waals surface area (Å²) in [5.74, 6) is 1.40. The Morgan fingerprint density at radius 2 is 2.08 bits per heavy atom. The number of anilines is 1. The molecule has 0 saturated heterocycles. The summed E-state index contributed by atoms with van der Waals surface area (Å²) in [5.41, 5.74) is 2.91. The first kappa shape index (κ1) is 18.1. The Hall–Kier alpha value is -2.28. The van der Waals surface area contributed by atoms with Gasteiger partial charge in [0, 0.05) is 24.4 Å². The number of methoxy groups -OCH3 is 2. The van der Waals surface area contributed by atoms with Gasteiger partial charge in [0.15, 0.2) is 5.11 Å². The quantitative estimate of drug-likeness (QED) is 0.781. The van der Waals surface area contributed by atoms with Gasteiger partial charge in [0.2, 0.25) is 0 Å². The van der Waals surface area contributed by atoms with Crippen molar-refractivity contribution >= 4 is 23.0 Å². The molecule has 0 amide bonds. The Bertz CT molecular complexity index is 715. The van der Waals surface area contributed by atoms with Gasteiger partial charge in [-0.2, -0.15) is 5.10 Å². The van der Waals surface area contributed by atoms with Gasteiger partial charge < -0.3 is 20.1 Å². The Morgan fingerprint density at radius 3 is 2.67 bits per heavy atom. The molecule has 0 unspecified atom stereocenters. The topological polar surface area (TPSA) is 60.3 Å². The average Bonchev–Trinajstić information content (AvgIpc) is 2.96. The van der Waals surface area contributed by atoms with E-state index in [2.05, 4.69) is 29.6 Å². The summed E-state index contributed by atoms with van der Waals surface area (Å²) in [6, 6.07) is 5.59. The van der Waals surface area contributed by atoms with Gasteiger partial charge in [-0.15, -0.1) is 0 Å². The van der Waals surface area contributed by atoms with Crippen LogP contribution in [-0.2, 0) is 6.54 Å². The molecule has 0 spiro atoms. The number of nitrogens with zero attached hydrogens (tertiary/aromatic N) is 2. The summed E-state index contributed by atoms with van der Waals surface area (Å²) in [4.78, 5) is 0. The van der Waals surface area contributed by atoms with E-state index in [0.29, 0.717) is 10.9 Å². The van der Waals surface area contributed by atoms with Crippen molar-refractivity contribution in [2.45, 2.75) is 33.4 Å². The molecule has 1 aromatic heterocycles. The van der Waals surface area contributed by atoms with Gasteiger partial charge in [-0.1, -0.05) is 0 Å². The lowest BCUT2D eigenvalue weighted by Gasteiger charge is -2.18. The maximum absolute atomic E-state index is 5.42. The fourth-order valence-electron chi connectivity index (χ4n) is 2.45. The highest BCUT2D eigenvalue weighted by Gasteiger charge is 2.14. The molecule has 2 N–H and O–H groups in total. The van der Waals surface area contributed by atoms with Crippen LogP contribution in [0, 0.1) is 6.92 Å². The number of aromatic nitrogens is 2. The van der Waals surface area contributed by atoms with Crippen molar-refractivity contribution in [1.29, 1.82) is 0 Å². The predicted octanol–water partition coefficient (Wildman–Crippen LogP) is 3.28. The Kier molecular flexibility index (Phi) is 6.03. The number of aryl methyl sites for hydroxylation is 2. The van der Waals surface area contributed by atoms with Crippen LogP contribution < -0.4 is 20.1 Å². The maximum Gasteiger partial charge on any atom is 0.171 e. The zero-order chi connectivity index (χ0) is 17.7. The summed E-state index contributed by atoms with van der Waals surface area (Å²) >= 11 is 5.42. The number of benzene rings is 1. The summed E-state index contributed by atoms with van der Waals surface area (Å²) in [6.45, 7) is 6.97. The standard InChI is InChI=1S/C17H24N4O2S/c1-6-21-10-14(12(3)20-21)11(2)18-17(24)19-15-8-7-13(22-4)9-16(15)23-5/h7-11H,6H2,1-5H3,(H2,18,19,24)/t11-/m1/s1. The minimum absolute atomic E-state index is 0.0505. The zero-order valence-electron chi connectivity index (χ0n) is 14.7. The molecule has 7 heteroatoms. The monoisotopic (exact) mass is 348 g/mol. The van der Waals surface area contributed by atoms with Crippen LogP contribution in [0.3, 0.4) is 0 Å². The minimum atomic E-state index is 0.0505. The lowest BCUT2D eigenvalue weighted by molar-refractivity contribution is 0.395. The molecule has 130 valence electrons. The minimum Gasteiger partial charge on any atom is -0.497 e. The Balaban J connectivity index is 2.06. The molecule has 0 aliphatic rings. The normalized spacial score (nSPS) is 11.7. The van der Waals surface area contributed by atoms with E-state index in [1.54, 1.807) is 14.2 Å². The van der Waals surface area contributed by atoms with Crippen LogP contribution in [-0.4, -0.2) is 29.1 Å². The predicted molar refractivity (Wildman–Crippen MR) is 100.0 cm³/mol. The highest BCUT2D eigenvalue weighted by atomic mass is 32.1. The third kappa shape index (κ3) is 4.17. The molecule has 6 nitrogen and oxygen atoms in total. The fourth-order valence-corrected chi connectivity index (χ4v) is 2.74. The highest BCUT2D eigenvalue weighted by molar-refractivity contribution is 7.80. The van der Waals surface area contributed by atoms with E-state index < -0.39 is 0 Å². The summed E-state index contributed by atoms with van der Waals surface area (Å²) in [6.07, 6.45) is 2.05. The van der Waals surface area contributed by atoms with Crippen molar-refractivity contribution in [2.75, 3.05) is 19.5 Å². The van der Waals surface area contributed by atoms with Gasteiger partial charge in [-0.05, 0) is 45.1 Å². The summed E-state index contributed by atoms with van der Waals surface area (Å²) in [7, 11) is 3.23. The van der Waals surface area contributed by atoms with Crippen molar-refractivity contribution in [3.63, 3.8) is 0 Å². The molecule has 0 bridgehead atoms. The number of hydrogen-bond donors (Lipinski definition) is 2. The summed E-state index contributed by atoms with van der Waals surface area (Å²) < 4.78 is 12.5. The van der Waals surface area contributed by atoms with E-state index in [-0.39, 0.29) is 6.04 Å². The maximum atomic E-state index is 5.42. The molecule has 1 atom stereocenters. The smallest absolute Gasteiger partial charge is 0.171 e. The van der Waals surface area contributed by atoms with Gasteiger partial charge in [-0.25, -0.2) is 0 Å². The number of ether oxygens (including phenoxy) is 2. The van der Waals surface area contributed by atoms with E-state index in [1.807, 2.05) is 36.0 Å². The molecule has 1 heterocycles. The van der Waals surface area contributed by atoms with Crippen molar-refractivity contribution in [3.05, 3.63) is 35.7 Å². The van der Waals surface area contributed by atoms with Gasteiger partial charge in [0.05, 0.1) is 31.6 Å². The number of rotatable bonds is 6. The summed E-state index contributed by atoms with van der Waals surface area (Å²) in [5, 5.41) is 11.4. The van der Waals surface area contributed by atoms with Crippen molar-refractivity contribution < 1.29 is 9.47 Å². The van der Waals surface area contributed by atoms with E-state index >= 15 is 0 Å². The molecule has 0 saturated carbocycles. The van der Waals surface area contributed by atoms with E-state index in [4.69, 9.17) is 21.7 Å². The molecular formula is C17H24N4O2S. The van der Waals surface area contributed by atoms with Gasteiger partial charge in [0.25, 0.3) is 0 Å². The molecule has 2 rings (SSSR count). The van der Waals surface area contributed by atoms with Gasteiger partial charge >= 0.3 is 0 Å². The molecule has 2 aromatic rings. The Morgan fingerprint density at radius 1 is 1.33 bits per heavy atom. The lowest BCUT2D eigenvalue weighted by Crippen LogP contribution is -2.31. The molecule has 0 fully saturated rings. The van der Waals surface area contributed by atoms with Gasteiger partial charge in [0.1, 0.15) is 11.5 Å². The largest absolute Gasteiger partial charge is 0.497 e. The third-order valence-electron chi connectivity index (χ3n) is 3.78. The van der Waals surface area contributed by atoms with E-state index in [1.165, 1.54) is 0 Å². The van der Waals surface area contributed by atoms with Crippen molar-refractivity contribution in [1.82, 2.24) is 15.1 Å². The van der Waals surface area contributed by atoms with Crippen LogP contribution in [0.1, 0.15) is 31.1 Å². The molecule has 1 aromatic carbocycles. The first-order chi connectivity index (χ1) is 11.5. The number of thiocarbonyl (C=S) groups is 1. The molecule has 0 radical (unpaired) electrons. The van der Waals surface area contributed by atoms with Crippen molar-refractivity contribution in [3.8, 4) is 11.5 Å². The zero-order valence-corrected chi connectivity index (χ0v) is 15.5. The second-order valence-electron chi connectivity index (χ2n) is 5.41. The van der Waals surface area contributed by atoms with Crippen molar-refractivity contribution in [2.24, 2.45) is 0 Å². The van der Waals surface area contributed by atoms with Crippen LogP contribution >= 0.6 is 12.2 Å². The first-order valence-electron chi connectivity index (χ1n) is 7.82. The highest BCUT2D eigenvalue weighted by Crippen LogP contribution is 2.29. The molecule has 24 heavy (non-hydrogen) atoms. The van der Waals surface area contributed by atoms with E-state index in [9.17, 15) is 0 Å². The van der Waals surface area contributed by atoms with Crippen LogP contribution in [0.2, 0.25) is 0 Å². The lowest BCUT2D eigenvalue weighted by atomic mass is 10.1. The number of nitrogens with one attached hydrogen (secondary N) is 2. The Labute approximate surface area is 148 Å². The third-order valence-corrected chi connectivity index (χ3v) is 4.00. The first-order valence-corrected chi connectivity index (χ1v) is 8.22. The van der Waals surface area contributed by atoms with Crippen LogP contribution in [0.5, 0.6) is 11.5 Å². The van der Waals surface area contributed by atoms with E-state index in [0.717, 1.165) is 29.2 Å². The molecular weight excluding hydrogens is 324 g/mol. The van der Waals surface area contributed by atoms with Crippen LogP contribution in [0.4, 0.5) is 5.69 Å². The second kappa shape index (κ2) is 8.01. The average molecular weight is 348 g/mol. The van der Waals surface area contributed by atoms with Crippen LogP contribution in [0.15, 0.2) is 24.4 Å².